The first-order chi connectivity index (χ1) is 11.1. The first-order valence-electron chi connectivity index (χ1n) is 7.31. The average molecular weight is 313 g/mol. The van der Waals surface area contributed by atoms with Crippen molar-refractivity contribution in [1.82, 2.24) is 25.3 Å². The van der Waals surface area contributed by atoms with Gasteiger partial charge in [0.05, 0.1) is 22.8 Å². The van der Waals surface area contributed by atoms with Crippen LogP contribution in [0.5, 0.6) is 0 Å². The van der Waals surface area contributed by atoms with Crippen molar-refractivity contribution in [2.45, 2.75) is 25.8 Å². The highest BCUT2D eigenvalue weighted by atomic mass is 19.1. The summed E-state index contributed by atoms with van der Waals surface area (Å²) in [7, 11) is 0. The van der Waals surface area contributed by atoms with Crippen LogP contribution in [0.3, 0.4) is 0 Å². The number of halogens is 1. The van der Waals surface area contributed by atoms with Crippen molar-refractivity contribution in [3.63, 3.8) is 0 Å². The van der Waals surface area contributed by atoms with E-state index in [1.165, 1.54) is 18.5 Å². The van der Waals surface area contributed by atoms with Crippen LogP contribution in [0.4, 0.5) is 4.39 Å². The highest BCUT2D eigenvalue weighted by molar-refractivity contribution is 5.77. The fourth-order valence-corrected chi connectivity index (χ4v) is 2.33. The molecule has 0 unspecified atom stereocenters. The lowest BCUT2D eigenvalue weighted by molar-refractivity contribution is -0.121. The summed E-state index contributed by atoms with van der Waals surface area (Å²) in [6.07, 6.45) is 3.83. The molecule has 7 heteroatoms. The third-order valence-corrected chi connectivity index (χ3v) is 3.51. The van der Waals surface area contributed by atoms with E-state index < -0.39 is 0 Å². The molecule has 3 aromatic rings. The van der Waals surface area contributed by atoms with Gasteiger partial charge in [0.25, 0.3) is 0 Å². The van der Waals surface area contributed by atoms with E-state index in [1.54, 1.807) is 18.3 Å². The second kappa shape index (κ2) is 6.51. The molecule has 0 radical (unpaired) electrons. The number of carbonyl (C=O) groups is 1. The Balaban J connectivity index is 1.57. The fraction of sp³-hybridized carbons (Fsp3) is 0.250. The van der Waals surface area contributed by atoms with E-state index in [2.05, 4.69) is 25.3 Å². The molecule has 1 amide bonds. The Bertz CT molecular complexity index is 818. The number of aromatic amines is 1. The smallest absolute Gasteiger partial charge is 0.220 e. The number of fused-ring (bicyclic) bond motifs is 1. The normalized spacial score (nSPS) is 12.3. The van der Waals surface area contributed by atoms with Gasteiger partial charge in [-0.25, -0.2) is 19.3 Å². The first-order valence-corrected chi connectivity index (χ1v) is 7.31. The van der Waals surface area contributed by atoms with Crippen LogP contribution in [-0.2, 0) is 11.2 Å². The monoisotopic (exact) mass is 313 g/mol. The summed E-state index contributed by atoms with van der Waals surface area (Å²) in [6.45, 7) is 1.87. The van der Waals surface area contributed by atoms with Crippen molar-refractivity contribution >= 4 is 16.9 Å². The van der Waals surface area contributed by atoms with Crippen molar-refractivity contribution in [3.05, 3.63) is 54.1 Å². The maximum absolute atomic E-state index is 13.1. The molecule has 0 saturated carbocycles. The van der Waals surface area contributed by atoms with Crippen molar-refractivity contribution < 1.29 is 9.18 Å². The molecule has 0 aliphatic carbocycles. The van der Waals surface area contributed by atoms with Crippen LogP contribution < -0.4 is 5.32 Å². The Morgan fingerprint density at radius 1 is 1.39 bits per heavy atom. The van der Waals surface area contributed by atoms with Gasteiger partial charge < -0.3 is 10.3 Å². The maximum Gasteiger partial charge on any atom is 0.220 e. The summed E-state index contributed by atoms with van der Waals surface area (Å²) >= 11 is 0. The van der Waals surface area contributed by atoms with Gasteiger partial charge in [-0.2, -0.15) is 0 Å². The topological polar surface area (TPSA) is 83.6 Å². The molecule has 2 N–H and O–H groups in total. The summed E-state index contributed by atoms with van der Waals surface area (Å²) in [4.78, 5) is 27.3. The van der Waals surface area contributed by atoms with Gasteiger partial charge in [0.2, 0.25) is 5.91 Å². The van der Waals surface area contributed by atoms with Crippen LogP contribution in [0.25, 0.3) is 11.0 Å². The molecule has 2 heterocycles. The number of hydrogen-bond acceptors (Lipinski definition) is 4. The minimum atomic E-state index is -0.316. The van der Waals surface area contributed by atoms with Crippen LogP contribution in [0.15, 0.2) is 36.8 Å². The molecule has 118 valence electrons. The third kappa shape index (κ3) is 3.68. The molecule has 0 aliphatic heterocycles. The molecular formula is C16H16FN5O. The number of rotatable bonds is 5. The Kier molecular flexibility index (Phi) is 4.27. The summed E-state index contributed by atoms with van der Waals surface area (Å²) in [6, 6.07) is 5.95. The van der Waals surface area contributed by atoms with Gasteiger partial charge in [-0.15, -0.1) is 0 Å². The van der Waals surface area contributed by atoms with E-state index in [-0.39, 0.29) is 24.2 Å². The molecule has 0 aliphatic rings. The number of H-pyrrole nitrogens is 1. The van der Waals surface area contributed by atoms with Crippen molar-refractivity contribution in [1.29, 1.82) is 0 Å². The Morgan fingerprint density at radius 3 is 3.04 bits per heavy atom. The number of carbonyl (C=O) groups excluding carboxylic acids is 1. The number of imidazole rings is 1. The summed E-state index contributed by atoms with van der Waals surface area (Å²) in [5.74, 6) is 0.252. The number of aromatic nitrogens is 4. The number of nitrogens with zero attached hydrogens (tertiary/aromatic N) is 3. The van der Waals surface area contributed by atoms with Crippen LogP contribution in [0, 0.1) is 5.82 Å². The van der Waals surface area contributed by atoms with Crippen molar-refractivity contribution in [3.8, 4) is 0 Å². The third-order valence-electron chi connectivity index (χ3n) is 3.51. The molecule has 6 nitrogen and oxygen atoms in total. The van der Waals surface area contributed by atoms with Gasteiger partial charge in [0.15, 0.2) is 0 Å². The number of amides is 1. The average Bonchev–Trinajstić information content (AvgIpc) is 2.95. The lowest BCUT2D eigenvalue weighted by Gasteiger charge is -2.12. The quantitative estimate of drug-likeness (QED) is 0.757. The minimum absolute atomic E-state index is 0.0947. The summed E-state index contributed by atoms with van der Waals surface area (Å²) < 4.78 is 13.1. The molecule has 0 fully saturated rings. The predicted octanol–water partition coefficient (Wildman–Crippen LogP) is 2.30. The van der Waals surface area contributed by atoms with Crippen LogP contribution in [0.1, 0.15) is 30.9 Å². The fourth-order valence-electron chi connectivity index (χ4n) is 2.33. The largest absolute Gasteiger partial charge is 0.348 e. The van der Waals surface area contributed by atoms with Gasteiger partial charge in [-0.3, -0.25) is 4.79 Å². The van der Waals surface area contributed by atoms with Crippen LogP contribution in [-0.4, -0.2) is 25.8 Å². The van der Waals surface area contributed by atoms with Crippen molar-refractivity contribution in [2.75, 3.05) is 0 Å². The van der Waals surface area contributed by atoms with Crippen LogP contribution >= 0.6 is 0 Å². The van der Waals surface area contributed by atoms with E-state index in [0.717, 1.165) is 5.69 Å². The zero-order valence-electron chi connectivity index (χ0n) is 12.6. The van der Waals surface area contributed by atoms with E-state index in [0.29, 0.717) is 23.3 Å². The van der Waals surface area contributed by atoms with E-state index in [9.17, 15) is 9.18 Å². The SMILES string of the molecule is C[C@@H](NC(=O)CCc1nc2ccc(F)cc2[nH]1)c1ccncn1. The van der Waals surface area contributed by atoms with Gasteiger partial charge in [0, 0.05) is 19.0 Å². The van der Waals surface area contributed by atoms with Crippen molar-refractivity contribution in [2.24, 2.45) is 0 Å². The number of benzene rings is 1. The number of nitrogens with one attached hydrogen (secondary N) is 2. The molecule has 0 saturated heterocycles. The van der Waals surface area contributed by atoms with Gasteiger partial charge in [-0.1, -0.05) is 0 Å². The number of aryl methyl sites for hydroxylation is 1. The minimum Gasteiger partial charge on any atom is -0.348 e. The maximum atomic E-state index is 13.1. The second-order valence-electron chi connectivity index (χ2n) is 5.27. The molecule has 23 heavy (non-hydrogen) atoms. The Morgan fingerprint density at radius 2 is 2.26 bits per heavy atom. The predicted molar refractivity (Wildman–Crippen MR) is 83.0 cm³/mol. The highest BCUT2D eigenvalue weighted by Gasteiger charge is 2.11. The summed E-state index contributed by atoms with van der Waals surface area (Å²) in [5, 5.41) is 2.88. The standard InChI is InChI=1S/C16H16FN5O/c1-10(12-6-7-18-9-19-12)20-16(23)5-4-15-21-13-3-2-11(17)8-14(13)22-15/h2-3,6-10H,4-5H2,1H3,(H,20,23)(H,21,22)/t10-/m1/s1. The Labute approximate surface area is 132 Å². The molecule has 3 rings (SSSR count). The van der Waals surface area contributed by atoms with Gasteiger partial charge in [-0.05, 0) is 31.2 Å². The zero-order chi connectivity index (χ0) is 16.2. The van der Waals surface area contributed by atoms with E-state index >= 15 is 0 Å². The second-order valence-corrected chi connectivity index (χ2v) is 5.27. The molecule has 1 atom stereocenters. The highest BCUT2D eigenvalue weighted by Crippen LogP contribution is 2.14. The lowest BCUT2D eigenvalue weighted by Crippen LogP contribution is -2.27. The number of hydrogen-bond donors (Lipinski definition) is 2. The lowest BCUT2D eigenvalue weighted by atomic mass is 10.2. The summed E-state index contributed by atoms with van der Waals surface area (Å²) in [5.41, 5.74) is 2.08. The molecule has 0 spiro atoms. The van der Waals surface area contributed by atoms with Gasteiger partial charge >= 0.3 is 0 Å². The van der Waals surface area contributed by atoms with Crippen LogP contribution in [0.2, 0.25) is 0 Å². The molecule has 1 aromatic carbocycles. The Hall–Kier alpha value is -2.83. The van der Waals surface area contributed by atoms with E-state index in [1.807, 2.05) is 6.92 Å². The zero-order valence-corrected chi connectivity index (χ0v) is 12.6. The molecule has 0 bridgehead atoms. The molecule has 2 aromatic heterocycles. The van der Waals surface area contributed by atoms with Gasteiger partial charge in [0.1, 0.15) is 18.0 Å². The first kappa shape index (κ1) is 15.1. The molecular weight excluding hydrogens is 297 g/mol. The van der Waals surface area contributed by atoms with E-state index in [4.69, 9.17) is 0 Å².